The van der Waals surface area contributed by atoms with E-state index < -0.39 is 43.6 Å². The maximum absolute atomic E-state index is 13.7. The zero-order chi connectivity index (χ0) is 25.7. The van der Waals surface area contributed by atoms with E-state index >= 15 is 0 Å². The number of imide groups is 1. The second kappa shape index (κ2) is 8.16. The van der Waals surface area contributed by atoms with Gasteiger partial charge in [-0.2, -0.15) is 0 Å². The topological polar surface area (TPSA) is 66.5 Å². The molecule has 0 unspecified atom stereocenters. The summed E-state index contributed by atoms with van der Waals surface area (Å²) in [4.78, 5) is 37.6. The number of benzene rings is 2. The van der Waals surface area contributed by atoms with E-state index in [1.54, 1.807) is 37.3 Å². The Bertz CT molecular complexity index is 1330. The average molecular weight is 614 g/mol. The number of hydrogen-bond acceptors (Lipinski definition) is 3. The summed E-state index contributed by atoms with van der Waals surface area (Å²) in [6, 6.07) is 11.2. The van der Waals surface area contributed by atoms with Gasteiger partial charge in [0.05, 0.1) is 33.2 Å². The monoisotopic (exact) mass is 610 g/mol. The predicted octanol–water partition coefficient (Wildman–Crippen LogP) is 6.85. The van der Waals surface area contributed by atoms with Crippen LogP contribution in [0.25, 0.3) is 0 Å². The lowest BCUT2D eigenvalue weighted by Crippen LogP contribution is -2.50. The number of anilines is 2. The van der Waals surface area contributed by atoms with Crippen LogP contribution in [-0.4, -0.2) is 31.8 Å². The van der Waals surface area contributed by atoms with Gasteiger partial charge in [-0.15, -0.1) is 23.2 Å². The summed E-state index contributed by atoms with van der Waals surface area (Å²) >= 11 is 45.4. The molecular weight excluding hydrogens is 600 g/mol. The Morgan fingerprint density at radius 3 is 1.97 bits per heavy atom. The van der Waals surface area contributed by atoms with E-state index in [1.165, 1.54) is 12.1 Å². The molecular formula is C23H13Cl7N2O3. The van der Waals surface area contributed by atoms with Gasteiger partial charge in [0.2, 0.25) is 11.8 Å². The molecule has 2 aromatic carbocycles. The fourth-order valence-corrected chi connectivity index (χ4v) is 8.13. The van der Waals surface area contributed by atoms with E-state index in [1.807, 2.05) is 0 Å². The molecule has 0 spiro atoms. The molecule has 1 N–H and O–H groups in total. The van der Waals surface area contributed by atoms with Crippen LogP contribution in [0.15, 0.2) is 52.5 Å². The van der Waals surface area contributed by atoms with Crippen molar-refractivity contribution in [2.45, 2.75) is 21.0 Å². The highest BCUT2D eigenvalue weighted by Gasteiger charge is 2.87. The summed E-state index contributed by atoms with van der Waals surface area (Å²) in [6.07, 6.45) is 0. The van der Waals surface area contributed by atoms with Crippen LogP contribution in [0.2, 0.25) is 5.02 Å². The van der Waals surface area contributed by atoms with E-state index in [0.29, 0.717) is 16.3 Å². The van der Waals surface area contributed by atoms with Crippen molar-refractivity contribution in [1.82, 2.24) is 0 Å². The lowest BCUT2D eigenvalue weighted by molar-refractivity contribution is -0.123. The molecule has 5 rings (SSSR count). The van der Waals surface area contributed by atoms with Gasteiger partial charge >= 0.3 is 0 Å². The predicted molar refractivity (Wildman–Crippen MR) is 140 cm³/mol. The number of alkyl halides is 4. The zero-order valence-corrected chi connectivity index (χ0v) is 22.8. The molecule has 35 heavy (non-hydrogen) atoms. The van der Waals surface area contributed by atoms with Crippen LogP contribution < -0.4 is 10.2 Å². The van der Waals surface area contributed by atoms with E-state index in [9.17, 15) is 14.4 Å². The number of para-hydroxylation sites is 1. The average Bonchev–Trinajstić information content (AvgIpc) is 3.20. The number of carbonyl (C=O) groups excluding carboxylic acids is 3. The van der Waals surface area contributed by atoms with Crippen LogP contribution in [0.5, 0.6) is 0 Å². The Labute approximate surface area is 235 Å². The number of amides is 3. The van der Waals surface area contributed by atoms with Crippen molar-refractivity contribution in [3.8, 4) is 0 Å². The molecule has 2 fully saturated rings. The Hall–Kier alpha value is -1.18. The maximum atomic E-state index is 13.7. The molecule has 1 saturated carbocycles. The standard InChI is InChI=1S/C23H13Cl7N2O3/c1-9-11(24)6-4-7-12(9)31-18(33)10-5-2-3-8-13(10)32-19(34)14-15(20(32)35)22(28)17(26)16(25)21(14,27)23(22,29)30/h2-8,14-15H,1H3,(H,31,33)/t14-,15-,21+,22+/m0/s1. The molecule has 1 aliphatic heterocycles. The molecule has 1 saturated heterocycles. The normalized spacial score (nSPS) is 30.8. The molecule has 3 aliphatic rings. The van der Waals surface area contributed by atoms with Crippen molar-refractivity contribution < 1.29 is 14.4 Å². The number of nitrogens with one attached hydrogen (secondary N) is 1. The second-order valence-corrected chi connectivity index (χ2v) is 12.2. The third-order valence-corrected chi connectivity index (χ3v) is 11.5. The smallest absolute Gasteiger partial charge is 0.257 e. The highest BCUT2D eigenvalue weighted by molar-refractivity contribution is 6.67. The summed E-state index contributed by atoms with van der Waals surface area (Å²) in [6.45, 7) is 1.75. The molecule has 1 heterocycles. The summed E-state index contributed by atoms with van der Waals surface area (Å²) < 4.78 is -2.04. The third-order valence-electron chi connectivity index (χ3n) is 6.81. The van der Waals surface area contributed by atoms with Crippen molar-refractivity contribution in [2.24, 2.45) is 11.8 Å². The van der Waals surface area contributed by atoms with Gasteiger partial charge in [0.1, 0.15) is 9.75 Å². The first-order valence-electron chi connectivity index (χ1n) is 10.2. The molecule has 5 nitrogen and oxygen atoms in total. The number of hydrogen-bond donors (Lipinski definition) is 1. The van der Waals surface area contributed by atoms with E-state index in [0.717, 1.165) is 4.90 Å². The third kappa shape index (κ3) is 3.01. The number of fused-ring (bicyclic) bond motifs is 5. The first kappa shape index (κ1) is 25.5. The lowest BCUT2D eigenvalue weighted by Gasteiger charge is -2.34. The molecule has 12 heteroatoms. The Kier molecular flexibility index (Phi) is 5.94. The molecule has 4 atom stereocenters. The second-order valence-electron chi connectivity index (χ2n) is 8.48. The van der Waals surface area contributed by atoms with Gasteiger partial charge in [0, 0.05) is 10.7 Å². The first-order valence-corrected chi connectivity index (χ1v) is 12.8. The first-order chi connectivity index (χ1) is 16.3. The quantitative estimate of drug-likeness (QED) is 0.304. The Morgan fingerprint density at radius 1 is 0.857 bits per heavy atom. The summed E-state index contributed by atoms with van der Waals surface area (Å²) in [5.41, 5.74) is 1.23. The van der Waals surface area contributed by atoms with Gasteiger partial charge < -0.3 is 5.32 Å². The summed E-state index contributed by atoms with van der Waals surface area (Å²) in [5.74, 6) is -4.66. The lowest BCUT2D eigenvalue weighted by atomic mass is 9.84. The van der Waals surface area contributed by atoms with E-state index in [4.69, 9.17) is 81.2 Å². The minimum atomic E-state index is -2.04. The number of carbonyl (C=O) groups is 3. The molecule has 182 valence electrons. The molecule has 3 amide bonds. The van der Waals surface area contributed by atoms with E-state index in [-0.39, 0.29) is 21.3 Å². The Morgan fingerprint density at radius 2 is 1.40 bits per heavy atom. The summed E-state index contributed by atoms with van der Waals surface area (Å²) in [7, 11) is 0. The number of halogens is 7. The maximum Gasteiger partial charge on any atom is 0.257 e. The zero-order valence-electron chi connectivity index (χ0n) is 17.5. The fraction of sp³-hybridized carbons (Fsp3) is 0.261. The molecule has 2 bridgehead atoms. The van der Waals surface area contributed by atoms with Crippen molar-refractivity contribution >= 4 is 110 Å². The van der Waals surface area contributed by atoms with Gasteiger partial charge in [0.15, 0.2) is 4.33 Å². The van der Waals surface area contributed by atoms with Gasteiger partial charge in [-0.1, -0.05) is 76.2 Å². The number of rotatable bonds is 3. The van der Waals surface area contributed by atoms with Crippen molar-refractivity contribution in [3.05, 3.63) is 68.7 Å². The largest absolute Gasteiger partial charge is 0.322 e. The van der Waals surface area contributed by atoms with Gasteiger partial charge in [-0.3, -0.25) is 14.4 Å². The van der Waals surface area contributed by atoms with Crippen LogP contribution >= 0.6 is 81.2 Å². The number of allylic oxidation sites excluding steroid dienone is 2. The Balaban J connectivity index is 1.57. The van der Waals surface area contributed by atoms with Crippen LogP contribution in [0.3, 0.4) is 0 Å². The minimum Gasteiger partial charge on any atom is -0.322 e. The van der Waals surface area contributed by atoms with Crippen LogP contribution in [0.1, 0.15) is 15.9 Å². The molecule has 2 aliphatic carbocycles. The van der Waals surface area contributed by atoms with Gasteiger partial charge in [0.25, 0.3) is 5.91 Å². The van der Waals surface area contributed by atoms with Gasteiger partial charge in [-0.25, -0.2) is 4.90 Å². The molecule has 0 radical (unpaired) electrons. The highest BCUT2D eigenvalue weighted by Crippen LogP contribution is 2.77. The van der Waals surface area contributed by atoms with Crippen LogP contribution in [0, 0.1) is 18.8 Å². The number of nitrogens with zero attached hydrogens (tertiary/aromatic N) is 1. The fourth-order valence-electron chi connectivity index (χ4n) is 5.03. The van der Waals surface area contributed by atoms with Crippen molar-refractivity contribution in [3.63, 3.8) is 0 Å². The van der Waals surface area contributed by atoms with E-state index in [2.05, 4.69) is 5.32 Å². The molecule has 0 aromatic heterocycles. The van der Waals surface area contributed by atoms with Crippen molar-refractivity contribution in [1.29, 1.82) is 0 Å². The molecule has 2 aromatic rings. The SMILES string of the molecule is Cc1c(Cl)cccc1NC(=O)c1ccccc1N1C(=O)[C@@H]2[C@@H](C1=O)[C@@]1(Cl)C(Cl)=C(Cl)[C@@]2(Cl)C1(Cl)Cl. The van der Waals surface area contributed by atoms with Crippen LogP contribution in [0.4, 0.5) is 11.4 Å². The minimum absolute atomic E-state index is 0.0380. The van der Waals surface area contributed by atoms with Crippen LogP contribution in [-0.2, 0) is 9.59 Å². The van der Waals surface area contributed by atoms with Crippen molar-refractivity contribution in [2.75, 3.05) is 10.2 Å². The highest BCUT2D eigenvalue weighted by atomic mass is 35.5. The van der Waals surface area contributed by atoms with Gasteiger partial charge in [-0.05, 0) is 36.8 Å². The summed E-state index contributed by atoms with van der Waals surface area (Å²) in [5, 5.41) is 2.86.